The molecule has 0 aliphatic rings. The van der Waals surface area contributed by atoms with Crippen molar-refractivity contribution in [3.8, 4) is 0 Å². The summed E-state index contributed by atoms with van der Waals surface area (Å²) in [5, 5.41) is 2.85. The molecule has 0 saturated carbocycles. The Morgan fingerprint density at radius 3 is 2.68 bits per heavy atom. The lowest BCUT2D eigenvalue weighted by atomic mass is 10.3. The van der Waals surface area contributed by atoms with Crippen molar-refractivity contribution in [2.45, 2.75) is 13.0 Å². The van der Waals surface area contributed by atoms with E-state index in [4.69, 9.17) is 0 Å². The van der Waals surface area contributed by atoms with Crippen LogP contribution in [0.25, 0.3) is 0 Å². The maximum atomic E-state index is 11.9. The summed E-state index contributed by atoms with van der Waals surface area (Å²) < 4.78 is 12.0. The number of rotatable bonds is 6. The molecule has 1 aromatic carbocycles. The van der Waals surface area contributed by atoms with Crippen LogP contribution in [-0.2, 0) is 15.6 Å². The number of hydrogen-bond donors (Lipinski definition) is 1. The number of hydrogen-bond acceptors (Lipinski definition) is 3. The molecule has 0 aliphatic carbocycles. The first-order valence-electron chi connectivity index (χ1n) is 5.94. The smallest absolute Gasteiger partial charge is 0.238 e. The summed E-state index contributed by atoms with van der Waals surface area (Å²) in [7, 11) is 1.00. The van der Waals surface area contributed by atoms with Crippen LogP contribution in [0.4, 0.5) is 5.69 Å². The molecule has 1 amide bonds. The lowest BCUT2D eigenvalue weighted by Crippen LogP contribution is -2.39. The van der Waals surface area contributed by atoms with Gasteiger partial charge < -0.3 is 5.32 Å². The van der Waals surface area contributed by atoms with Gasteiger partial charge in [-0.2, -0.15) is 0 Å². The van der Waals surface area contributed by atoms with Crippen LogP contribution in [0.15, 0.2) is 28.7 Å². The first-order valence-corrected chi connectivity index (χ1v) is 8.47. The molecule has 1 aromatic rings. The van der Waals surface area contributed by atoms with Gasteiger partial charge in [-0.25, -0.2) is 0 Å². The Hall–Kier alpha value is -0.720. The predicted octanol–water partition coefficient (Wildman–Crippen LogP) is 2.09. The zero-order valence-electron chi connectivity index (χ0n) is 11.4. The van der Waals surface area contributed by atoms with Crippen molar-refractivity contribution in [1.29, 1.82) is 0 Å². The van der Waals surface area contributed by atoms with Crippen molar-refractivity contribution < 1.29 is 9.00 Å². The van der Waals surface area contributed by atoms with Gasteiger partial charge in [0.05, 0.1) is 12.2 Å². The molecule has 0 radical (unpaired) electrons. The number of nitrogens with one attached hydrogen (secondary N) is 1. The SMILES string of the molecule is CC(CS(C)=O)N(C)CC(=O)Nc1ccccc1Br. The minimum Gasteiger partial charge on any atom is -0.324 e. The van der Waals surface area contributed by atoms with Crippen molar-refractivity contribution in [2.24, 2.45) is 0 Å². The van der Waals surface area contributed by atoms with Gasteiger partial charge >= 0.3 is 0 Å². The summed E-state index contributed by atoms with van der Waals surface area (Å²) in [4.78, 5) is 13.8. The second-order valence-corrected chi connectivity index (χ2v) is 6.87. The van der Waals surface area contributed by atoms with E-state index in [0.29, 0.717) is 5.75 Å². The molecule has 0 aliphatic heterocycles. The number of nitrogens with zero attached hydrogens (tertiary/aromatic N) is 1. The topological polar surface area (TPSA) is 49.4 Å². The highest BCUT2D eigenvalue weighted by molar-refractivity contribution is 9.10. The van der Waals surface area contributed by atoms with E-state index in [1.54, 1.807) is 6.26 Å². The number of carbonyl (C=O) groups is 1. The molecule has 6 heteroatoms. The first kappa shape index (κ1) is 16.3. The Kier molecular flexibility index (Phi) is 6.68. The van der Waals surface area contributed by atoms with Crippen LogP contribution in [0.1, 0.15) is 6.92 Å². The zero-order valence-corrected chi connectivity index (χ0v) is 13.8. The van der Waals surface area contributed by atoms with E-state index in [9.17, 15) is 9.00 Å². The van der Waals surface area contributed by atoms with Crippen LogP contribution < -0.4 is 5.32 Å². The van der Waals surface area contributed by atoms with Crippen LogP contribution in [-0.4, -0.2) is 46.7 Å². The molecule has 19 heavy (non-hydrogen) atoms. The molecule has 1 rings (SSSR count). The number of para-hydroxylation sites is 1. The number of amides is 1. The first-order chi connectivity index (χ1) is 8.90. The third-order valence-corrected chi connectivity index (χ3v) is 4.41. The van der Waals surface area contributed by atoms with Gasteiger partial charge in [-0.05, 0) is 42.0 Å². The largest absolute Gasteiger partial charge is 0.324 e. The average Bonchev–Trinajstić information content (AvgIpc) is 2.31. The van der Waals surface area contributed by atoms with E-state index in [1.165, 1.54) is 0 Å². The van der Waals surface area contributed by atoms with Crippen molar-refractivity contribution in [3.63, 3.8) is 0 Å². The minimum atomic E-state index is -0.854. The fourth-order valence-electron chi connectivity index (χ4n) is 1.60. The Morgan fingerprint density at radius 2 is 2.11 bits per heavy atom. The maximum Gasteiger partial charge on any atom is 0.238 e. The van der Waals surface area contributed by atoms with Gasteiger partial charge in [0.2, 0.25) is 5.91 Å². The summed E-state index contributed by atoms with van der Waals surface area (Å²) in [5.74, 6) is 0.488. The van der Waals surface area contributed by atoms with E-state index in [0.717, 1.165) is 10.2 Å². The third-order valence-electron chi connectivity index (χ3n) is 2.77. The lowest BCUT2D eigenvalue weighted by Gasteiger charge is -2.23. The minimum absolute atomic E-state index is 0.0804. The number of anilines is 1. The lowest BCUT2D eigenvalue weighted by molar-refractivity contribution is -0.117. The Labute approximate surface area is 125 Å². The molecule has 0 saturated heterocycles. The normalized spacial score (nSPS) is 14.2. The summed E-state index contributed by atoms with van der Waals surface area (Å²) in [6.07, 6.45) is 1.67. The molecule has 106 valence electrons. The maximum absolute atomic E-state index is 11.9. The van der Waals surface area contributed by atoms with Gasteiger partial charge in [0.25, 0.3) is 0 Å². The van der Waals surface area contributed by atoms with Gasteiger partial charge in [-0.1, -0.05) is 12.1 Å². The number of benzene rings is 1. The van der Waals surface area contributed by atoms with Crippen LogP contribution in [0.5, 0.6) is 0 Å². The Balaban J connectivity index is 2.51. The van der Waals surface area contributed by atoms with E-state index in [1.807, 2.05) is 43.1 Å². The molecule has 0 heterocycles. The summed E-state index contributed by atoms with van der Waals surface area (Å²) in [5.41, 5.74) is 0.757. The monoisotopic (exact) mass is 346 g/mol. The summed E-state index contributed by atoms with van der Waals surface area (Å²) in [6, 6.07) is 7.59. The Bertz CT molecular complexity index is 468. The highest BCUT2D eigenvalue weighted by atomic mass is 79.9. The number of likely N-dealkylation sites (N-methyl/N-ethyl adjacent to an activating group) is 1. The predicted molar refractivity (Wildman–Crippen MR) is 83.8 cm³/mol. The third kappa shape index (κ3) is 5.84. The van der Waals surface area contributed by atoms with Crippen molar-refractivity contribution in [1.82, 2.24) is 4.90 Å². The Morgan fingerprint density at radius 1 is 1.47 bits per heavy atom. The molecule has 0 fully saturated rings. The van der Waals surface area contributed by atoms with E-state index in [2.05, 4.69) is 21.2 Å². The molecule has 0 aromatic heterocycles. The van der Waals surface area contributed by atoms with Gasteiger partial charge in [0.15, 0.2) is 0 Å². The van der Waals surface area contributed by atoms with Crippen molar-refractivity contribution in [3.05, 3.63) is 28.7 Å². The number of carbonyl (C=O) groups excluding carboxylic acids is 1. The average molecular weight is 347 g/mol. The second kappa shape index (κ2) is 7.77. The highest BCUT2D eigenvalue weighted by Crippen LogP contribution is 2.20. The zero-order chi connectivity index (χ0) is 14.4. The molecule has 1 N–H and O–H groups in total. The fraction of sp³-hybridized carbons (Fsp3) is 0.462. The quantitative estimate of drug-likeness (QED) is 0.857. The number of halogens is 1. The summed E-state index contributed by atoms with van der Waals surface area (Å²) >= 11 is 3.38. The van der Waals surface area contributed by atoms with Gasteiger partial charge in [0.1, 0.15) is 0 Å². The van der Waals surface area contributed by atoms with Crippen LogP contribution in [0.2, 0.25) is 0 Å². The van der Waals surface area contributed by atoms with Crippen LogP contribution in [0, 0.1) is 0 Å². The standard InChI is InChI=1S/C13H19BrN2O2S/c1-10(9-19(3)18)16(2)8-13(17)15-12-7-5-4-6-11(12)14/h4-7,10H,8-9H2,1-3H3,(H,15,17). The van der Waals surface area contributed by atoms with E-state index < -0.39 is 10.8 Å². The molecule has 0 spiro atoms. The molecule has 2 atom stereocenters. The van der Waals surface area contributed by atoms with E-state index >= 15 is 0 Å². The fourth-order valence-corrected chi connectivity index (χ4v) is 2.92. The second-order valence-electron chi connectivity index (χ2n) is 4.53. The van der Waals surface area contributed by atoms with Gasteiger partial charge in [-0.15, -0.1) is 0 Å². The molecular weight excluding hydrogens is 328 g/mol. The van der Waals surface area contributed by atoms with Crippen molar-refractivity contribution >= 4 is 38.3 Å². The molecule has 0 bridgehead atoms. The molecule has 4 nitrogen and oxygen atoms in total. The van der Waals surface area contributed by atoms with Crippen LogP contribution >= 0.6 is 15.9 Å². The molecular formula is C13H19BrN2O2S. The molecule has 2 unspecified atom stereocenters. The summed E-state index contributed by atoms with van der Waals surface area (Å²) in [6.45, 7) is 2.24. The van der Waals surface area contributed by atoms with Gasteiger partial charge in [0, 0.05) is 33.3 Å². The van der Waals surface area contributed by atoms with E-state index in [-0.39, 0.29) is 18.5 Å². The van der Waals surface area contributed by atoms with Gasteiger partial charge in [-0.3, -0.25) is 13.9 Å². The van der Waals surface area contributed by atoms with Crippen molar-refractivity contribution in [2.75, 3.05) is 30.9 Å². The highest BCUT2D eigenvalue weighted by Gasteiger charge is 2.14. The van der Waals surface area contributed by atoms with Crippen LogP contribution in [0.3, 0.4) is 0 Å².